The molecule has 8 rings (SSSR count). The number of aliphatic carboxylic acids is 2. The molecular formula is C63H79FeN5O16Ru. The van der Waals surface area contributed by atoms with Crippen molar-refractivity contribution in [1.82, 2.24) is 14.7 Å². The fraction of sp³-hybridized carbons (Fsp3) is 0.492. The van der Waals surface area contributed by atoms with Crippen molar-refractivity contribution in [2.24, 2.45) is 11.8 Å². The van der Waals surface area contributed by atoms with E-state index in [1.807, 2.05) is 24.3 Å². The quantitative estimate of drug-likeness (QED) is 0.0264. The summed E-state index contributed by atoms with van der Waals surface area (Å²) in [6.07, 6.45) is 29.4. The first kappa shape index (κ1) is 74.7. The number of benzene rings is 1. The Balaban J connectivity index is 0.000000407. The van der Waals surface area contributed by atoms with Gasteiger partial charge in [0.05, 0.1) is 13.1 Å². The summed E-state index contributed by atoms with van der Waals surface area (Å²) in [6.45, 7) is 19.3. The van der Waals surface area contributed by atoms with E-state index in [0.717, 1.165) is 86.7 Å². The second-order valence-corrected chi connectivity index (χ2v) is 20.8. The Morgan fingerprint density at radius 2 is 0.988 bits per heavy atom. The normalized spacial score (nSPS) is 19.2. The van der Waals surface area contributed by atoms with Crippen molar-refractivity contribution in [2.45, 2.75) is 150 Å². The number of rotatable bonds is 18. The summed E-state index contributed by atoms with van der Waals surface area (Å²) in [5.74, 6) is -7.65. The monoisotopic (exact) mass is 1320 g/mol. The molecule has 7 aliphatic rings. The smallest absolute Gasteiger partial charge is 0.330 e. The molecule has 23 heteroatoms. The average molecular weight is 1320 g/mol. The molecule has 4 aliphatic carbocycles. The van der Waals surface area contributed by atoms with Crippen molar-refractivity contribution in [3.8, 4) is 0 Å². The van der Waals surface area contributed by atoms with Gasteiger partial charge in [-0.25, -0.2) is 9.64 Å². The Kier molecular flexibility index (Phi) is 33.5. The zero-order valence-electron chi connectivity index (χ0n) is 49.7. The third kappa shape index (κ3) is 21.5. The first-order valence-corrected chi connectivity index (χ1v) is 28.8. The van der Waals surface area contributed by atoms with Gasteiger partial charge in [-0.1, -0.05) is 121 Å². The van der Waals surface area contributed by atoms with Gasteiger partial charge >= 0.3 is 17.9 Å². The first-order chi connectivity index (χ1) is 40.3. The van der Waals surface area contributed by atoms with Gasteiger partial charge in [0.2, 0.25) is 0 Å². The summed E-state index contributed by atoms with van der Waals surface area (Å²) in [5.41, 5.74) is 3.27. The van der Waals surface area contributed by atoms with E-state index in [0.29, 0.717) is 20.9 Å². The number of anilines is 1. The van der Waals surface area contributed by atoms with E-state index in [1.54, 1.807) is 32.1 Å². The maximum atomic E-state index is 13.0. The van der Waals surface area contributed by atoms with E-state index < -0.39 is 66.4 Å². The number of carbonyl (C=O) groups is 11. The van der Waals surface area contributed by atoms with Crippen LogP contribution < -0.4 is 4.90 Å². The van der Waals surface area contributed by atoms with Crippen LogP contribution in [0.25, 0.3) is 10.9 Å². The van der Waals surface area contributed by atoms with Crippen molar-refractivity contribution in [1.29, 1.82) is 0 Å². The van der Waals surface area contributed by atoms with Crippen LogP contribution in [0.1, 0.15) is 156 Å². The number of carbonyl (C=O) groups excluding carboxylic acids is 9. The van der Waals surface area contributed by atoms with E-state index >= 15 is 0 Å². The number of ether oxygens (including phenoxy) is 3. The van der Waals surface area contributed by atoms with Gasteiger partial charge in [-0.3, -0.25) is 62.6 Å². The zero-order valence-corrected chi connectivity index (χ0v) is 52.5. The molecule has 86 heavy (non-hydrogen) atoms. The molecule has 6 amide bonds. The molecule has 0 saturated heterocycles. The van der Waals surface area contributed by atoms with Crippen LogP contribution in [0, 0.1) is 18.4 Å². The zero-order chi connectivity index (χ0) is 61.9. The van der Waals surface area contributed by atoms with Crippen molar-refractivity contribution >= 4 is 78.1 Å². The molecule has 4 saturated carbocycles. The predicted octanol–water partition coefficient (Wildman–Crippen LogP) is 9.11. The van der Waals surface area contributed by atoms with Gasteiger partial charge in [-0.05, 0) is 101 Å². The maximum Gasteiger partial charge on any atom is 0.330 e. The molecule has 2 N–H and O–H groups in total. The molecule has 1 aromatic rings. The minimum atomic E-state index is -1.31. The first-order valence-electron chi connectivity index (χ1n) is 28.8. The number of allylic oxidation sites excluding steroid dienone is 2. The number of carboxylic acids is 2. The SMILES string of the molecule is C1CCCC1.C1CCCC1.C=CC(=O)OCCN1C(=O)C(OC=O)=C(C)/C(=C/c2ccc(N(CC)CC)cc2)C1=O.CC1=C(OC=O)C(=O)N(CC(=O)O)C(=O)/C1=C\C1CCCC1.[C-]#[N+]C1=C(C)/C(=C/C2CCCC2)C(=O)N(CC(=O)O)C1=O.[Fe].[Ru]. The summed E-state index contributed by atoms with van der Waals surface area (Å²) in [4.78, 5) is 136. The molecule has 0 aromatic heterocycles. The Morgan fingerprint density at radius 1 is 0.605 bits per heavy atom. The largest absolute Gasteiger partial charge is 0.480 e. The third-order valence-corrected chi connectivity index (χ3v) is 15.2. The average Bonchev–Trinajstić information content (AvgIpc) is 1.47. The van der Waals surface area contributed by atoms with Gasteiger partial charge in [-0.2, -0.15) is 0 Å². The molecule has 21 nitrogen and oxygen atoms in total. The number of hydrogen-bond acceptors (Lipinski definition) is 15. The van der Waals surface area contributed by atoms with Crippen LogP contribution in [-0.2, 0) is 103 Å². The summed E-state index contributed by atoms with van der Waals surface area (Å²) >= 11 is 0. The van der Waals surface area contributed by atoms with Gasteiger partial charge in [-0.15, -0.1) is 0 Å². The topological polar surface area (TPSA) is 273 Å². The predicted molar refractivity (Wildman–Crippen MR) is 310 cm³/mol. The molecule has 0 unspecified atom stereocenters. The number of imide groups is 3. The van der Waals surface area contributed by atoms with Crippen LogP contribution in [-0.4, -0.2) is 131 Å². The Morgan fingerprint density at radius 3 is 1.37 bits per heavy atom. The van der Waals surface area contributed by atoms with Crippen molar-refractivity contribution < 1.29 is 114 Å². The second kappa shape index (κ2) is 38.6. The molecule has 4 fully saturated rings. The van der Waals surface area contributed by atoms with Gasteiger partial charge < -0.3 is 29.3 Å². The van der Waals surface area contributed by atoms with Crippen molar-refractivity contribution in [2.75, 3.05) is 44.2 Å². The van der Waals surface area contributed by atoms with Crippen LogP contribution in [0.5, 0.6) is 0 Å². The van der Waals surface area contributed by atoms with E-state index in [1.165, 1.54) is 71.1 Å². The fourth-order valence-electron chi connectivity index (χ4n) is 10.6. The Labute approximate surface area is 526 Å². The van der Waals surface area contributed by atoms with Gasteiger partial charge in [0.15, 0.2) is 11.5 Å². The fourth-order valence-corrected chi connectivity index (χ4v) is 10.6. The Bertz CT molecular complexity index is 2850. The minimum Gasteiger partial charge on any atom is -0.480 e. The molecule has 0 bridgehead atoms. The van der Waals surface area contributed by atoms with E-state index in [9.17, 15) is 52.7 Å². The molecule has 0 radical (unpaired) electrons. The van der Waals surface area contributed by atoms with E-state index in [-0.39, 0.29) is 114 Å². The van der Waals surface area contributed by atoms with Crippen LogP contribution >= 0.6 is 0 Å². The van der Waals surface area contributed by atoms with Gasteiger partial charge in [0.25, 0.3) is 54.1 Å². The summed E-state index contributed by atoms with van der Waals surface area (Å²) in [6, 6.07) is 7.64. The molecule has 3 heterocycles. The minimum absolute atomic E-state index is 0. The van der Waals surface area contributed by atoms with E-state index in [4.69, 9.17) is 26.3 Å². The molecular weight excluding hydrogens is 1240 g/mol. The van der Waals surface area contributed by atoms with Crippen LogP contribution in [0.4, 0.5) is 5.69 Å². The van der Waals surface area contributed by atoms with Crippen molar-refractivity contribution in [3.63, 3.8) is 0 Å². The van der Waals surface area contributed by atoms with Crippen LogP contribution in [0.15, 0.2) is 99.7 Å². The number of esters is 1. The van der Waals surface area contributed by atoms with Gasteiger partial charge in [0.1, 0.15) is 19.7 Å². The molecule has 0 spiro atoms. The van der Waals surface area contributed by atoms with Crippen LogP contribution in [0.2, 0.25) is 0 Å². The summed E-state index contributed by atoms with van der Waals surface area (Å²) in [5, 5.41) is 17.7. The molecule has 0 atom stereocenters. The Hall–Kier alpha value is -7.40. The van der Waals surface area contributed by atoms with Crippen LogP contribution in [0.3, 0.4) is 0 Å². The van der Waals surface area contributed by atoms with Gasteiger partial charge in [0, 0.05) is 89.3 Å². The molecule has 3 aliphatic heterocycles. The number of amides is 6. The summed E-state index contributed by atoms with van der Waals surface area (Å²) in [7, 11) is 0. The van der Waals surface area contributed by atoms with Crippen molar-refractivity contribution in [3.05, 3.63) is 117 Å². The third-order valence-electron chi connectivity index (χ3n) is 15.2. The standard InChI is InChI=1S/C23H26N2O6.C15H16N2O4.C15H17NO6.2C5H10.Fe.Ru/c1-5-20(27)30-13-12-25-22(28)19(16(4)21(23(25)29)31-15-26)14-17-8-10-18(11-9-17)24(6-2)7-3;1-9-11(7-10-5-3-4-6-10)14(20)17(8-12(18)19)15(21)13(9)16-2;1-9-11(6-10-4-2-3-5-10)14(20)16(7-12(18)19)15(21)13(9)22-8-17;2*1-2-4-5-3-1;;/h5,8-11,14-15H,1,6-7,12-13H2,2-4H3;7,10H,3-6,8H2,1H3,(H,18,19);6,8,10H,2-5,7H2,1H3,(H,18,19);2*1-5H2;;/b19-14-;11-7-;11-6-;;;;. The summed E-state index contributed by atoms with van der Waals surface area (Å²) < 4.78 is 14.4. The number of carboxylic acid groups (broad SMARTS) is 2. The number of nitrogens with zero attached hydrogens (tertiary/aromatic N) is 5. The molecule has 1 aromatic carbocycles. The second-order valence-electron chi connectivity index (χ2n) is 20.8. The number of hydrogen-bond donors (Lipinski definition) is 2. The van der Waals surface area contributed by atoms with E-state index in [2.05, 4.69) is 34.9 Å². The maximum absolute atomic E-state index is 13.0. The molecule has 468 valence electrons.